The van der Waals surface area contributed by atoms with Gasteiger partial charge >= 0.3 is 0 Å². The minimum Gasteiger partial charge on any atom is -0.378 e. The molecular formula is C22H39IN6O. The van der Waals surface area contributed by atoms with Gasteiger partial charge in [-0.05, 0) is 32.6 Å². The first-order chi connectivity index (χ1) is 14.1. The summed E-state index contributed by atoms with van der Waals surface area (Å²) in [6, 6.07) is 0.795. The Hall–Kier alpha value is -0.900. The number of hydrogen-bond acceptors (Lipinski definition) is 4. The van der Waals surface area contributed by atoms with E-state index in [4.69, 9.17) is 14.8 Å². The molecule has 0 aromatic carbocycles. The Morgan fingerprint density at radius 2 is 2.03 bits per heavy atom. The molecule has 7 nitrogen and oxygen atoms in total. The SMILES string of the molecule is CCOC1CC(NC(=NC)NC2CCc3nc(C(C)C)nn3C2)C12CCCCC2.I. The second kappa shape index (κ2) is 10.1. The van der Waals surface area contributed by atoms with E-state index in [0.717, 1.165) is 50.0 Å². The van der Waals surface area contributed by atoms with Crippen LogP contribution in [-0.2, 0) is 17.7 Å². The van der Waals surface area contributed by atoms with Crippen molar-refractivity contribution in [1.82, 2.24) is 25.4 Å². The standard InChI is InChI=1S/C22H38N6O.HI/c1-5-29-18-13-17(22(18)11-7-6-8-12-22)25-21(23-4)24-16-9-10-19-26-20(15(2)3)27-28(19)14-16;/h15-18H,5-14H2,1-4H3,(H2,23,24,25);1H. The average Bonchev–Trinajstić information content (AvgIpc) is 3.16. The molecule has 2 N–H and O–H groups in total. The molecule has 0 radical (unpaired) electrons. The Kier molecular flexibility index (Phi) is 8.03. The number of ether oxygens (including phenoxy) is 1. The lowest BCUT2D eigenvalue weighted by Gasteiger charge is -2.58. The lowest BCUT2D eigenvalue weighted by Crippen LogP contribution is -2.67. The van der Waals surface area contributed by atoms with E-state index >= 15 is 0 Å². The van der Waals surface area contributed by atoms with E-state index in [9.17, 15) is 0 Å². The third-order valence-electron chi connectivity index (χ3n) is 7.20. The second-order valence-corrected chi connectivity index (χ2v) is 9.35. The molecule has 170 valence electrons. The van der Waals surface area contributed by atoms with Gasteiger partial charge in [0.15, 0.2) is 11.8 Å². The normalized spacial score (nSPS) is 27.9. The smallest absolute Gasteiger partial charge is 0.191 e. The van der Waals surface area contributed by atoms with E-state index in [0.29, 0.717) is 29.5 Å². The molecule has 0 amide bonds. The van der Waals surface area contributed by atoms with Gasteiger partial charge in [0.25, 0.3) is 0 Å². The zero-order valence-corrected chi connectivity index (χ0v) is 21.3. The summed E-state index contributed by atoms with van der Waals surface area (Å²) >= 11 is 0. The van der Waals surface area contributed by atoms with Gasteiger partial charge in [0, 0.05) is 43.5 Å². The van der Waals surface area contributed by atoms with E-state index in [1.807, 2.05) is 7.05 Å². The van der Waals surface area contributed by atoms with Crippen molar-refractivity contribution in [3.63, 3.8) is 0 Å². The van der Waals surface area contributed by atoms with Gasteiger partial charge < -0.3 is 15.4 Å². The highest BCUT2D eigenvalue weighted by atomic mass is 127. The number of nitrogens with zero attached hydrogens (tertiary/aromatic N) is 4. The molecule has 0 bridgehead atoms. The van der Waals surface area contributed by atoms with E-state index in [1.54, 1.807) is 0 Å². The molecule has 8 heteroatoms. The molecule has 1 aliphatic heterocycles. The highest BCUT2D eigenvalue weighted by molar-refractivity contribution is 14.0. The van der Waals surface area contributed by atoms with Crippen LogP contribution in [0.25, 0.3) is 0 Å². The first-order valence-corrected chi connectivity index (χ1v) is 11.6. The Morgan fingerprint density at radius 1 is 1.27 bits per heavy atom. The van der Waals surface area contributed by atoms with Crippen LogP contribution < -0.4 is 10.6 Å². The summed E-state index contributed by atoms with van der Waals surface area (Å²) in [5.41, 5.74) is 0.295. The van der Waals surface area contributed by atoms with Crippen LogP contribution >= 0.6 is 24.0 Å². The highest BCUT2D eigenvalue weighted by Crippen LogP contribution is 2.53. The van der Waals surface area contributed by atoms with E-state index < -0.39 is 0 Å². The van der Waals surface area contributed by atoms with Gasteiger partial charge in [-0.25, -0.2) is 9.67 Å². The first kappa shape index (κ1) is 23.8. The number of nitrogens with one attached hydrogen (secondary N) is 2. The van der Waals surface area contributed by atoms with Crippen molar-refractivity contribution < 1.29 is 4.74 Å². The summed E-state index contributed by atoms with van der Waals surface area (Å²) in [6.45, 7) is 8.08. The minimum absolute atomic E-state index is 0. The molecule has 4 rings (SSSR count). The van der Waals surface area contributed by atoms with Gasteiger partial charge in [-0.1, -0.05) is 33.1 Å². The molecule has 30 heavy (non-hydrogen) atoms. The maximum absolute atomic E-state index is 6.11. The fourth-order valence-electron chi connectivity index (χ4n) is 5.49. The predicted octanol–water partition coefficient (Wildman–Crippen LogP) is 3.63. The van der Waals surface area contributed by atoms with Crippen molar-refractivity contribution in [2.75, 3.05) is 13.7 Å². The number of rotatable bonds is 5. The van der Waals surface area contributed by atoms with Gasteiger partial charge in [-0.3, -0.25) is 4.99 Å². The molecule has 3 atom stereocenters. The number of halogens is 1. The van der Waals surface area contributed by atoms with Crippen LogP contribution in [-0.4, -0.2) is 52.6 Å². The summed E-state index contributed by atoms with van der Waals surface area (Å²) in [5.74, 6) is 3.37. The van der Waals surface area contributed by atoms with Crippen LogP contribution in [0.5, 0.6) is 0 Å². The molecule has 1 spiro atoms. The van der Waals surface area contributed by atoms with Crippen molar-refractivity contribution in [3.05, 3.63) is 11.6 Å². The zero-order chi connectivity index (χ0) is 20.4. The largest absolute Gasteiger partial charge is 0.378 e. The number of aromatic nitrogens is 3. The van der Waals surface area contributed by atoms with Gasteiger partial charge in [0.1, 0.15) is 5.82 Å². The lowest BCUT2D eigenvalue weighted by atomic mass is 9.55. The Labute approximate surface area is 198 Å². The maximum Gasteiger partial charge on any atom is 0.191 e. The molecule has 0 saturated heterocycles. The molecule has 2 heterocycles. The Bertz CT molecular complexity index is 727. The molecule has 3 unspecified atom stereocenters. The summed E-state index contributed by atoms with van der Waals surface area (Å²) in [6.07, 6.45) is 10.1. The number of guanidine groups is 1. The number of hydrogen-bond donors (Lipinski definition) is 2. The molecular weight excluding hydrogens is 491 g/mol. The summed E-state index contributed by atoms with van der Waals surface area (Å²) in [5, 5.41) is 12.1. The highest BCUT2D eigenvalue weighted by Gasteiger charge is 2.55. The van der Waals surface area contributed by atoms with Crippen molar-refractivity contribution >= 4 is 29.9 Å². The molecule has 3 aliphatic rings. The first-order valence-electron chi connectivity index (χ1n) is 11.6. The topological polar surface area (TPSA) is 76.4 Å². The van der Waals surface area contributed by atoms with Gasteiger partial charge in [-0.15, -0.1) is 24.0 Å². The quantitative estimate of drug-likeness (QED) is 0.346. The molecule has 2 saturated carbocycles. The fraction of sp³-hybridized carbons (Fsp3) is 0.864. The van der Waals surface area contributed by atoms with Crippen LogP contribution in [0.3, 0.4) is 0 Å². The van der Waals surface area contributed by atoms with E-state index in [2.05, 4.69) is 41.1 Å². The molecule has 1 aromatic rings. The molecule has 1 aromatic heterocycles. The van der Waals surface area contributed by atoms with Crippen LogP contribution in [0.15, 0.2) is 4.99 Å². The number of aryl methyl sites for hydroxylation is 1. The van der Waals surface area contributed by atoms with Gasteiger partial charge in [0.05, 0.1) is 12.6 Å². The summed E-state index contributed by atoms with van der Waals surface area (Å²) in [4.78, 5) is 9.25. The van der Waals surface area contributed by atoms with Crippen LogP contribution in [0.2, 0.25) is 0 Å². The van der Waals surface area contributed by atoms with Crippen molar-refractivity contribution in [3.8, 4) is 0 Å². The van der Waals surface area contributed by atoms with Crippen molar-refractivity contribution in [2.45, 2.75) is 103 Å². The van der Waals surface area contributed by atoms with E-state index in [-0.39, 0.29) is 24.0 Å². The zero-order valence-electron chi connectivity index (χ0n) is 19.0. The van der Waals surface area contributed by atoms with Crippen LogP contribution in [0, 0.1) is 5.41 Å². The van der Waals surface area contributed by atoms with Crippen molar-refractivity contribution in [1.29, 1.82) is 0 Å². The van der Waals surface area contributed by atoms with Gasteiger partial charge in [-0.2, -0.15) is 5.10 Å². The van der Waals surface area contributed by atoms with Crippen LogP contribution in [0.1, 0.15) is 83.3 Å². The average molecular weight is 530 g/mol. The number of fused-ring (bicyclic) bond motifs is 1. The molecule has 2 fully saturated rings. The number of aliphatic imine (C=N–C) groups is 1. The predicted molar refractivity (Wildman–Crippen MR) is 131 cm³/mol. The third-order valence-corrected chi connectivity index (χ3v) is 7.20. The fourth-order valence-corrected chi connectivity index (χ4v) is 5.49. The van der Waals surface area contributed by atoms with E-state index in [1.165, 1.54) is 32.1 Å². The summed E-state index contributed by atoms with van der Waals surface area (Å²) < 4.78 is 8.19. The Morgan fingerprint density at radius 3 is 2.70 bits per heavy atom. The maximum atomic E-state index is 6.11. The van der Waals surface area contributed by atoms with Gasteiger partial charge in [0.2, 0.25) is 0 Å². The minimum atomic E-state index is 0. The van der Waals surface area contributed by atoms with Crippen molar-refractivity contribution in [2.24, 2.45) is 10.4 Å². The Balaban J connectivity index is 0.00000256. The lowest BCUT2D eigenvalue weighted by molar-refractivity contribution is -0.145. The second-order valence-electron chi connectivity index (χ2n) is 9.35. The summed E-state index contributed by atoms with van der Waals surface area (Å²) in [7, 11) is 1.88. The molecule has 2 aliphatic carbocycles. The third kappa shape index (κ3) is 4.64. The van der Waals surface area contributed by atoms with Crippen LogP contribution in [0.4, 0.5) is 0 Å². The monoisotopic (exact) mass is 530 g/mol.